The Morgan fingerprint density at radius 3 is 2.59 bits per heavy atom. The summed E-state index contributed by atoms with van der Waals surface area (Å²) in [5.74, 6) is -0.304. The number of aromatic nitrogens is 2. The van der Waals surface area contributed by atoms with Crippen LogP contribution >= 0.6 is 23.5 Å². The van der Waals surface area contributed by atoms with Crippen molar-refractivity contribution in [1.82, 2.24) is 15.3 Å². The van der Waals surface area contributed by atoms with Crippen molar-refractivity contribution in [3.63, 3.8) is 0 Å². The van der Waals surface area contributed by atoms with Crippen LogP contribution in [0.1, 0.15) is 24.2 Å². The van der Waals surface area contributed by atoms with Gasteiger partial charge in [-0.25, -0.2) is 4.98 Å². The normalized spacial score (nSPS) is 11.2. The summed E-state index contributed by atoms with van der Waals surface area (Å²) in [5, 5.41) is 12.8. The first-order valence-electron chi connectivity index (χ1n) is 8.91. The third-order valence-corrected chi connectivity index (χ3v) is 5.01. The molecule has 0 radical (unpaired) electrons. The van der Waals surface area contributed by atoms with Gasteiger partial charge in [0.25, 0.3) is 5.91 Å². The number of carbonyl (C=O) groups excluding carboxylic acids is 1. The summed E-state index contributed by atoms with van der Waals surface area (Å²) < 4.78 is 3.21. The highest BCUT2D eigenvalue weighted by molar-refractivity contribution is 8.00. The van der Waals surface area contributed by atoms with Gasteiger partial charge in [-0.15, -0.1) is 0 Å². The van der Waals surface area contributed by atoms with Gasteiger partial charge < -0.3 is 15.1 Å². The molecule has 1 amide bonds. The Hall–Kier alpha value is -2.61. The molecule has 2 heterocycles. The maximum atomic E-state index is 12.3. The molecule has 0 spiro atoms. The van der Waals surface area contributed by atoms with Crippen LogP contribution in [0.5, 0.6) is 0 Å². The number of carbonyl (C=O) groups is 1. The lowest BCUT2D eigenvalue weighted by Crippen LogP contribution is -2.38. The molecule has 0 aliphatic rings. The lowest BCUT2D eigenvalue weighted by Gasteiger charge is -2.17. The number of rotatable bonds is 7. The van der Waals surface area contributed by atoms with Gasteiger partial charge in [0, 0.05) is 41.2 Å². The zero-order valence-corrected chi connectivity index (χ0v) is 17.6. The Bertz CT molecular complexity index is 993. The van der Waals surface area contributed by atoms with E-state index in [9.17, 15) is 9.90 Å². The predicted octanol–water partition coefficient (Wildman–Crippen LogP) is 4.42. The number of anilines is 1. The topological polar surface area (TPSA) is 87.1 Å². The second kappa shape index (κ2) is 9.26. The third-order valence-electron chi connectivity index (χ3n) is 3.88. The van der Waals surface area contributed by atoms with Gasteiger partial charge in [0.2, 0.25) is 0 Å². The fraction of sp³-hybridized carbons (Fsp3) is 0.190. The molecule has 0 bridgehead atoms. The molecule has 0 aliphatic carbocycles. The van der Waals surface area contributed by atoms with Gasteiger partial charge in [-0.2, -0.15) is 0 Å². The van der Waals surface area contributed by atoms with Crippen LogP contribution in [0.25, 0.3) is 11.1 Å². The van der Waals surface area contributed by atoms with Crippen molar-refractivity contribution in [3.05, 3.63) is 71.8 Å². The largest absolute Gasteiger partial charge is 0.389 e. The standard InChI is InChI=1S/C21H21ClN4O2S/c1-21(2,28)13-25-20(27)16-8-14(10-23-11-16)15-9-18(19(22)24-12-15)26-29-17-6-4-3-5-7-17/h3-12,26,28H,13H2,1-2H3,(H,25,27). The summed E-state index contributed by atoms with van der Waals surface area (Å²) in [5.41, 5.74) is 1.58. The van der Waals surface area contributed by atoms with Gasteiger partial charge in [-0.3, -0.25) is 9.78 Å². The Balaban J connectivity index is 1.77. The zero-order chi connectivity index (χ0) is 20.9. The molecule has 29 heavy (non-hydrogen) atoms. The number of hydrogen-bond donors (Lipinski definition) is 3. The van der Waals surface area contributed by atoms with Gasteiger partial charge >= 0.3 is 0 Å². The van der Waals surface area contributed by atoms with Crippen LogP contribution in [0.4, 0.5) is 5.69 Å². The van der Waals surface area contributed by atoms with Crippen LogP contribution in [0.2, 0.25) is 5.15 Å². The minimum atomic E-state index is -0.988. The lowest BCUT2D eigenvalue weighted by atomic mass is 10.1. The summed E-state index contributed by atoms with van der Waals surface area (Å²) in [4.78, 5) is 21.8. The summed E-state index contributed by atoms with van der Waals surface area (Å²) in [6.07, 6.45) is 4.78. The van der Waals surface area contributed by atoms with Crippen LogP contribution < -0.4 is 10.0 Å². The monoisotopic (exact) mass is 428 g/mol. The van der Waals surface area contributed by atoms with E-state index in [4.69, 9.17) is 11.6 Å². The fourth-order valence-electron chi connectivity index (χ4n) is 2.40. The Morgan fingerprint density at radius 2 is 1.86 bits per heavy atom. The van der Waals surface area contributed by atoms with E-state index in [0.717, 1.165) is 16.0 Å². The molecule has 0 saturated heterocycles. The Labute approximate surface area is 178 Å². The van der Waals surface area contributed by atoms with Crippen molar-refractivity contribution in [1.29, 1.82) is 0 Å². The Morgan fingerprint density at radius 1 is 1.14 bits per heavy atom. The number of hydrogen-bond acceptors (Lipinski definition) is 6. The highest BCUT2D eigenvalue weighted by Gasteiger charge is 2.16. The molecular formula is C21H21ClN4O2S. The fourth-order valence-corrected chi connectivity index (χ4v) is 3.28. The number of aliphatic hydroxyl groups is 1. The number of amides is 1. The number of halogens is 1. The lowest BCUT2D eigenvalue weighted by molar-refractivity contribution is 0.0694. The average molecular weight is 429 g/mol. The molecule has 3 rings (SSSR count). The highest BCUT2D eigenvalue weighted by Crippen LogP contribution is 2.30. The third kappa shape index (κ3) is 6.19. The van der Waals surface area contributed by atoms with Gasteiger partial charge in [-0.1, -0.05) is 29.8 Å². The summed E-state index contributed by atoms with van der Waals surface area (Å²) in [7, 11) is 0. The van der Waals surface area contributed by atoms with E-state index < -0.39 is 5.60 Å². The van der Waals surface area contributed by atoms with E-state index in [1.54, 1.807) is 32.3 Å². The number of nitrogens with zero attached hydrogens (tertiary/aromatic N) is 2. The first-order chi connectivity index (χ1) is 13.8. The predicted molar refractivity (Wildman–Crippen MR) is 117 cm³/mol. The summed E-state index contributed by atoms with van der Waals surface area (Å²) in [6.45, 7) is 3.40. The van der Waals surface area contributed by atoms with E-state index >= 15 is 0 Å². The smallest absolute Gasteiger partial charge is 0.252 e. The van der Waals surface area contributed by atoms with Gasteiger partial charge in [0.15, 0.2) is 5.15 Å². The molecule has 6 nitrogen and oxygen atoms in total. The summed E-state index contributed by atoms with van der Waals surface area (Å²) >= 11 is 7.66. The van der Waals surface area contributed by atoms with Crippen molar-refractivity contribution >= 4 is 35.1 Å². The van der Waals surface area contributed by atoms with Crippen LogP contribution in [-0.4, -0.2) is 33.1 Å². The van der Waals surface area contributed by atoms with Gasteiger partial charge in [0.1, 0.15) is 0 Å². The SMILES string of the molecule is CC(C)(O)CNC(=O)c1cncc(-c2cnc(Cl)c(NSc3ccccc3)c2)c1. The number of benzene rings is 1. The van der Waals surface area contributed by atoms with Gasteiger partial charge in [0.05, 0.1) is 16.9 Å². The molecule has 1 aromatic carbocycles. The molecular weight excluding hydrogens is 408 g/mol. The molecule has 0 unspecified atom stereocenters. The molecule has 0 saturated carbocycles. The number of pyridine rings is 2. The molecule has 150 valence electrons. The quantitative estimate of drug-likeness (QED) is 0.381. The van der Waals surface area contributed by atoms with Crippen LogP contribution in [0, 0.1) is 0 Å². The molecule has 2 aromatic heterocycles. The van der Waals surface area contributed by atoms with Crippen molar-refractivity contribution < 1.29 is 9.90 Å². The Kier molecular flexibility index (Phi) is 6.74. The molecule has 8 heteroatoms. The van der Waals surface area contributed by atoms with Crippen molar-refractivity contribution in [2.75, 3.05) is 11.3 Å². The van der Waals surface area contributed by atoms with Gasteiger partial charge in [-0.05, 0) is 50.1 Å². The molecule has 3 N–H and O–H groups in total. The zero-order valence-electron chi connectivity index (χ0n) is 16.0. The van der Waals surface area contributed by atoms with Crippen LogP contribution in [-0.2, 0) is 0 Å². The van der Waals surface area contributed by atoms with E-state index in [1.807, 2.05) is 36.4 Å². The molecule has 0 fully saturated rings. The average Bonchev–Trinajstić information content (AvgIpc) is 2.71. The van der Waals surface area contributed by atoms with Crippen LogP contribution in [0.15, 0.2) is 66.0 Å². The van der Waals surface area contributed by atoms with Crippen LogP contribution in [0.3, 0.4) is 0 Å². The van der Waals surface area contributed by atoms with Crippen molar-refractivity contribution in [2.24, 2.45) is 0 Å². The second-order valence-corrected chi connectivity index (χ2v) is 8.27. The highest BCUT2D eigenvalue weighted by atomic mass is 35.5. The molecule has 0 atom stereocenters. The van der Waals surface area contributed by atoms with E-state index in [2.05, 4.69) is 20.0 Å². The van der Waals surface area contributed by atoms with Crippen molar-refractivity contribution in [3.8, 4) is 11.1 Å². The first kappa shape index (κ1) is 21.1. The minimum absolute atomic E-state index is 0.142. The molecule has 0 aliphatic heterocycles. The maximum Gasteiger partial charge on any atom is 0.252 e. The molecule has 3 aromatic rings. The minimum Gasteiger partial charge on any atom is -0.389 e. The first-order valence-corrected chi connectivity index (χ1v) is 10.1. The second-order valence-electron chi connectivity index (χ2n) is 7.04. The summed E-state index contributed by atoms with van der Waals surface area (Å²) in [6, 6.07) is 13.4. The number of nitrogens with one attached hydrogen (secondary N) is 2. The van der Waals surface area contributed by atoms with Crippen molar-refractivity contribution in [2.45, 2.75) is 24.3 Å². The van der Waals surface area contributed by atoms with E-state index in [1.165, 1.54) is 18.1 Å². The maximum absolute atomic E-state index is 12.3. The van der Waals surface area contributed by atoms with E-state index in [0.29, 0.717) is 16.4 Å². The van der Waals surface area contributed by atoms with E-state index in [-0.39, 0.29) is 12.5 Å².